The van der Waals surface area contributed by atoms with Crippen molar-refractivity contribution in [2.45, 2.75) is 39.3 Å². The van der Waals surface area contributed by atoms with Gasteiger partial charge in [0.15, 0.2) is 0 Å². The van der Waals surface area contributed by atoms with Gasteiger partial charge >= 0.3 is 6.36 Å². The average Bonchev–Trinajstić information content (AvgIpc) is 2.79. The zero-order valence-electron chi connectivity index (χ0n) is 19.5. The second-order valence-electron chi connectivity index (χ2n) is 8.44. The Morgan fingerprint density at radius 2 is 1.69 bits per heavy atom. The minimum atomic E-state index is -4.75. The fourth-order valence-corrected chi connectivity index (χ4v) is 4.12. The summed E-state index contributed by atoms with van der Waals surface area (Å²) in [5.74, 6) is -0.0790. The number of hydrogen-bond donors (Lipinski definition) is 1. The summed E-state index contributed by atoms with van der Waals surface area (Å²) >= 11 is 0. The van der Waals surface area contributed by atoms with Gasteiger partial charge in [0, 0.05) is 18.7 Å². The number of amides is 1. The zero-order valence-corrected chi connectivity index (χ0v) is 19.5. The molecular formula is C25H25F3N4O3. The molecule has 2 unspecified atom stereocenters. The minimum Gasteiger partial charge on any atom is -0.406 e. The third-order valence-corrected chi connectivity index (χ3v) is 5.58. The lowest BCUT2D eigenvalue weighted by atomic mass is 9.96. The smallest absolute Gasteiger partial charge is 0.406 e. The number of halogens is 3. The van der Waals surface area contributed by atoms with E-state index >= 15 is 0 Å². The maximum absolute atomic E-state index is 13.0. The molecule has 1 aliphatic rings. The third kappa shape index (κ3) is 6.07. The first-order valence-corrected chi connectivity index (χ1v) is 11.1. The van der Waals surface area contributed by atoms with E-state index in [1.54, 1.807) is 37.5 Å². The van der Waals surface area contributed by atoms with Crippen molar-refractivity contribution < 1.29 is 27.4 Å². The number of morpholine rings is 1. The summed E-state index contributed by atoms with van der Waals surface area (Å²) in [6, 6.07) is 10.7. The van der Waals surface area contributed by atoms with E-state index in [0.717, 1.165) is 5.56 Å². The van der Waals surface area contributed by atoms with E-state index in [1.165, 1.54) is 24.3 Å². The third-order valence-electron chi connectivity index (χ3n) is 5.58. The Kier molecular flexibility index (Phi) is 6.93. The summed E-state index contributed by atoms with van der Waals surface area (Å²) in [6.45, 7) is 7.15. The second-order valence-corrected chi connectivity index (χ2v) is 8.44. The van der Waals surface area contributed by atoms with Gasteiger partial charge in [-0.25, -0.2) is 9.97 Å². The molecule has 7 nitrogen and oxygen atoms in total. The summed E-state index contributed by atoms with van der Waals surface area (Å²) in [7, 11) is 0. The first kappa shape index (κ1) is 24.5. The van der Waals surface area contributed by atoms with Crippen molar-refractivity contribution in [1.29, 1.82) is 0 Å². The first-order valence-electron chi connectivity index (χ1n) is 11.1. The van der Waals surface area contributed by atoms with Crippen LogP contribution in [0, 0.1) is 6.92 Å². The number of nitrogens with one attached hydrogen (secondary N) is 1. The average molecular weight is 486 g/mol. The largest absolute Gasteiger partial charge is 0.573 e. The molecule has 35 heavy (non-hydrogen) atoms. The molecule has 0 bridgehead atoms. The summed E-state index contributed by atoms with van der Waals surface area (Å²) < 4.78 is 46.9. The van der Waals surface area contributed by atoms with Crippen molar-refractivity contribution in [3.63, 3.8) is 0 Å². The molecule has 0 saturated carbocycles. The molecule has 4 rings (SSSR count). The number of alkyl halides is 3. The molecule has 0 spiro atoms. The van der Waals surface area contributed by atoms with E-state index < -0.39 is 6.36 Å². The van der Waals surface area contributed by atoms with Gasteiger partial charge in [0.25, 0.3) is 5.91 Å². The van der Waals surface area contributed by atoms with Crippen molar-refractivity contribution >= 4 is 17.5 Å². The van der Waals surface area contributed by atoms with Gasteiger partial charge in [0.1, 0.15) is 5.75 Å². The molecule has 2 aromatic carbocycles. The van der Waals surface area contributed by atoms with Crippen LogP contribution in [-0.4, -0.2) is 47.5 Å². The van der Waals surface area contributed by atoms with Crippen LogP contribution in [-0.2, 0) is 4.74 Å². The number of hydrogen-bond acceptors (Lipinski definition) is 6. The van der Waals surface area contributed by atoms with Crippen molar-refractivity contribution in [3.8, 4) is 16.9 Å². The molecule has 1 fully saturated rings. The first-order chi connectivity index (χ1) is 16.6. The molecule has 2 atom stereocenters. The van der Waals surface area contributed by atoms with E-state index in [2.05, 4.69) is 20.0 Å². The number of aromatic nitrogens is 2. The molecule has 10 heteroatoms. The highest BCUT2D eigenvalue weighted by Crippen LogP contribution is 2.30. The van der Waals surface area contributed by atoms with Crippen LogP contribution < -0.4 is 15.0 Å². The molecule has 1 amide bonds. The number of benzene rings is 2. The van der Waals surface area contributed by atoms with Gasteiger partial charge in [-0.2, -0.15) is 0 Å². The normalized spacial score (nSPS) is 18.3. The Hall–Kier alpha value is -3.66. The van der Waals surface area contributed by atoms with Crippen LogP contribution in [0.25, 0.3) is 11.1 Å². The molecule has 3 aromatic rings. The molecule has 2 heterocycles. The molecule has 0 aliphatic carbocycles. The Bertz CT molecular complexity index is 1170. The Morgan fingerprint density at radius 3 is 2.29 bits per heavy atom. The number of nitrogens with zero attached hydrogens (tertiary/aromatic N) is 3. The van der Waals surface area contributed by atoms with Crippen molar-refractivity contribution in [2.75, 3.05) is 23.3 Å². The van der Waals surface area contributed by atoms with Crippen LogP contribution in [0.5, 0.6) is 5.75 Å². The monoisotopic (exact) mass is 486 g/mol. The summed E-state index contributed by atoms with van der Waals surface area (Å²) in [5, 5.41) is 2.81. The van der Waals surface area contributed by atoms with Crippen LogP contribution in [0.3, 0.4) is 0 Å². The molecule has 1 N–H and O–H groups in total. The van der Waals surface area contributed by atoms with Gasteiger partial charge in [-0.3, -0.25) is 4.79 Å². The van der Waals surface area contributed by atoms with E-state index in [9.17, 15) is 18.0 Å². The predicted octanol–water partition coefficient (Wildman–Crippen LogP) is 5.22. The van der Waals surface area contributed by atoms with Crippen LogP contribution in [0.2, 0.25) is 0 Å². The van der Waals surface area contributed by atoms with Gasteiger partial charge < -0.3 is 19.7 Å². The van der Waals surface area contributed by atoms with E-state index in [1.807, 2.05) is 18.7 Å². The predicted molar refractivity (Wildman–Crippen MR) is 126 cm³/mol. The number of carbonyl (C=O) groups excluding carboxylic acids is 1. The molecule has 0 radical (unpaired) electrons. The standard InChI is InChI=1S/C25H25F3N4O3/c1-15-13-32(14-16(2)34-15)24-29-11-19(12-30-24)31-23(33)22-6-4-5-21(17(22)3)18-7-9-20(10-8-18)35-25(26,27)28/h4-12,15-16H,13-14H2,1-3H3,(H,31,33). The Labute approximate surface area is 200 Å². The lowest BCUT2D eigenvalue weighted by Crippen LogP contribution is -2.46. The topological polar surface area (TPSA) is 76.6 Å². The molecular weight excluding hydrogens is 461 g/mol. The van der Waals surface area contributed by atoms with E-state index in [-0.39, 0.29) is 23.9 Å². The fourth-order valence-electron chi connectivity index (χ4n) is 4.12. The fraction of sp³-hybridized carbons (Fsp3) is 0.320. The summed E-state index contributed by atoms with van der Waals surface area (Å²) in [5.41, 5.74) is 2.94. The van der Waals surface area contributed by atoms with Gasteiger partial charge in [-0.1, -0.05) is 24.3 Å². The number of anilines is 2. The minimum absolute atomic E-state index is 0.0744. The van der Waals surface area contributed by atoms with E-state index in [0.29, 0.717) is 41.4 Å². The second kappa shape index (κ2) is 9.91. The van der Waals surface area contributed by atoms with E-state index in [4.69, 9.17) is 4.74 Å². The SMILES string of the molecule is Cc1c(C(=O)Nc2cnc(N3CC(C)OC(C)C3)nc2)cccc1-c1ccc(OC(F)(F)F)cc1. The van der Waals surface area contributed by atoms with Gasteiger partial charge in [-0.15, -0.1) is 13.2 Å². The van der Waals surface area contributed by atoms with Crippen molar-refractivity contribution in [2.24, 2.45) is 0 Å². The highest BCUT2D eigenvalue weighted by molar-refractivity contribution is 6.06. The van der Waals surface area contributed by atoms with Crippen LogP contribution in [0.1, 0.15) is 29.8 Å². The van der Waals surface area contributed by atoms with Crippen LogP contribution >= 0.6 is 0 Å². The summed E-state index contributed by atoms with van der Waals surface area (Å²) in [6.07, 6.45) is -1.49. The molecule has 1 saturated heterocycles. The number of carbonyl (C=O) groups is 1. The number of rotatable bonds is 5. The van der Waals surface area contributed by atoms with Crippen LogP contribution in [0.15, 0.2) is 54.9 Å². The lowest BCUT2D eigenvalue weighted by molar-refractivity contribution is -0.274. The van der Waals surface area contributed by atoms with Gasteiger partial charge in [-0.05, 0) is 55.7 Å². The van der Waals surface area contributed by atoms with Crippen molar-refractivity contribution in [3.05, 3.63) is 66.0 Å². The quantitative estimate of drug-likeness (QED) is 0.533. The lowest BCUT2D eigenvalue weighted by Gasteiger charge is -2.35. The number of ether oxygens (including phenoxy) is 2. The van der Waals surface area contributed by atoms with Gasteiger partial charge in [0.05, 0.1) is 30.3 Å². The Morgan fingerprint density at radius 1 is 1.06 bits per heavy atom. The van der Waals surface area contributed by atoms with Crippen LogP contribution in [0.4, 0.5) is 24.8 Å². The molecule has 1 aliphatic heterocycles. The molecule has 184 valence electrons. The summed E-state index contributed by atoms with van der Waals surface area (Å²) in [4.78, 5) is 23.8. The maximum atomic E-state index is 13.0. The van der Waals surface area contributed by atoms with Crippen molar-refractivity contribution in [1.82, 2.24) is 9.97 Å². The Balaban J connectivity index is 1.47. The highest BCUT2D eigenvalue weighted by Gasteiger charge is 2.31. The zero-order chi connectivity index (χ0) is 25.2. The highest BCUT2D eigenvalue weighted by atomic mass is 19.4. The maximum Gasteiger partial charge on any atom is 0.573 e. The van der Waals surface area contributed by atoms with Gasteiger partial charge in [0.2, 0.25) is 5.95 Å². The molecule has 1 aromatic heterocycles.